The monoisotopic (exact) mass is 409 g/mol. The van der Waals surface area contributed by atoms with Crippen molar-refractivity contribution in [3.05, 3.63) is 20.8 Å². The first-order valence-electron chi connectivity index (χ1n) is 10.4. The number of aromatic amines is 1. The second-order valence-corrected chi connectivity index (χ2v) is 8.35. The van der Waals surface area contributed by atoms with Crippen LogP contribution in [0.1, 0.15) is 47.5 Å². The van der Waals surface area contributed by atoms with Crippen molar-refractivity contribution < 1.29 is 9.53 Å². The van der Waals surface area contributed by atoms with Crippen LogP contribution in [0.3, 0.4) is 0 Å². The van der Waals surface area contributed by atoms with Gasteiger partial charge < -0.3 is 15.4 Å². The highest BCUT2D eigenvalue weighted by atomic mass is 16.5. The molecule has 0 unspecified atom stereocenters. The summed E-state index contributed by atoms with van der Waals surface area (Å²) in [6, 6.07) is 0. The van der Waals surface area contributed by atoms with Crippen LogP contribution in [0.25, 0.3) is 0 Å². The van der Waals surface area contributed by atoms with Gasteiger partial charge >= 0.3 is 5.69 Å². The van der Waals surface area contributed by atoms with Crippen LogP contribution in [0.15, 0.2) is 9.59 Å². The molecule has 2 rings (SSSR count). The zero-order valence-electron chi connectivity index (χ0n) is 18.2. The minimum atomic E-state index is -0.624. The van der Waals surface area contributed by atoms with E-state index in [2.05, 4.69) is 4.98 Å². The lowest BCUT2D eigenvalue weighted by Gasteiger charge is -2.36. The number of morpholine rings is 1. The molecular formula is C20H35N5O4. The van der Waals surface area contributed by atoms with E-state index in [-0.39, 0.29) is 42.1 Å². The van der Waals surface area contributed by atoms with Gasteiger partial charge in [0.05, 0.1) is 18.8 Å². The number of rotatable bonds is 8. The first kappa shape index (κ1) is 23.2. The third-order valence-electron chi connectivity index (χ3n) is 4.92. The Morgan fingerprint density at radius 3 is 2.45 bits per heavy atom. The molecule has 164 valence electrons. The van der Waals surface area contributed by atoms with Crippen molar-refractivity contribution >= 4 is 17.4 Å². The van der Waals surface area contributed by atoms with E-state index in [1.165, 1.54) is 9.47 Å². The number of nitrogens with zero attached hydrogens (tertiary/aromatic N) is 3. The zero-order chi connectivity index (χ0) is 21.7. The molecule has 0 spiro atoms. The summed E-state index contributed by atoms with van der Waals surface area (Å²) in [6.45, 7) is 12.1. The molecule has 1 aromatic rings. The van der Waals surface area contributed by atoms with Gasteiger partial charge in [-0.25, -0.2) is 4.79 Å². The summed E-state index contributed by atoms with van der Waals surface area (Å²) in [5.41, 5.74) is 5.13. The number of nitrogens with two attached hydrogens (primary N) is 1. The van der Waals surface area contributed by atoms with Crippen LogP contribution >= 0.6 is 0 Å². The lowest BCUT2D eigenvalue weighted by Crippen LogP contribution is -2.51. The average molecular weight is 410 g/mol. The van der Waals surface area contributed by atoms with Gasteiger partial charge in [-0.05, 0) is 26.2 Å². The second-order valence-electron chi connectivity index (χ2n) is 8.35. The first-order chi connectivity index (χ1) is 13.6. The minimum Gasteiger partial charge on any atom is -0.383 e. The van der Waals surface area contributed by atoms with Gasteiger partial charge in [0.1, 0.15) is 5.82 Å². The SMILES string of the molecule is CCCCN(C(=O)CN1C[C@@H](C)O[C@@H](C)C1)c1c(N)n(CC(C)C)c(=O)[nH]c1=O. The maximum atomic E-state index is 13.2. The molecule has 2 atom stereocenters. The smallest absolute Gasteiger partial charge is 0.330 e. The number of carbonyl (C=O) groups excluding carboxylic acids is 1. The number of unbranched alkanes of at least 4 members (excludes halogenated alkanes) is 1. The number of H-pyrrole nitrogens is 1. The van der Waals surface area contributed by atoms with Crippen molar-refractivity contribution in [1.29, 1.82) is 0 Å². The highest BCUT2D eigenvalue weighted by Crippen LogP contribution is 2.20. The fourth-order valence-corrected chi connectivity index (χ4v) is 3.75. The topological polar surface area (TPSA) is 114 Å². The molecule has 3 N–H and O–H groups in total. The van der Waals surface area contributed by atoms with Crippen molar-refractivity contribution in [2.75, 3.05) is 36.8 Å². The average Bonchev–Trinajstić information content (AvgIpc) is 2.60. The number of ether oxygens (including phenoxy) is 1. The molecule has 1 aliphatic rings. The molecule has 0 radical (unpaired) electrons. The van der Waals surface area contributed by atoms with Gasteiger partial charge in [0.2, 0.25) is 5.91 Å². The normalized spacial score (nSPS) is 20.2. The van der Waals surface area contributed by atoms with Crippen molar-refractivity contribution in [2.24, 2.45) is 5.92 Å². The summed E-state index contributed by atoms with van der Waals surface area (Å²) in [5, 5.41) is 0. The van der Waals surface area contributed by atoms with E-state index in [0.717, 1.165) is 12.8 Å². The maximum absolute atomic E-state index is 13.2. The van der Waals surface area contributed by atoms with Crippen molar-refractivity contribution in [1.82, 2.24) is 14.5 Å². The highest BCUT2D eigenvalue weighted by Gasteiger charge is 2.28. The molecule has 0 aliphatic carbocycles. The molecule has 1 aromatic heterocycles. The number of nitrogen functional groups attached to an aromatic ring is 1. The number of hydrogen-bond acceptors (Lipinski definition) is 6. The Kier molecular flexibility index (Phi) is 8.04. The number of nitrogens with one attached hydrogen (secondary N) is 1. The molecule has 0 bridgehead atoms. The van der Waals surface area contributed by atoms with Crippen LogP contribution in [0.5, 0.6) is 0 Å². The Balaban J connectivity index is 2.37. The van der Waals surface area contributed by atoms with E-state index >= 15 is 0 Å². The van der Waals surface area contributed by atoms with Crippen molar-refractivity contribution in [2.45, 2.75) is 66.2 Å². The van der Waals surface area contributed by atoms with Gasteiger partial charge in [-0.1, -0.05) is 27.2 Å². The summed E-state index contributed by atoms with van der Waals surface area (Å²) in [7, 11) is 0. The first-order valence-corrected chi connectivity index (χ1v) is 10.4. The number of aromatic nitrogens is 2. The maximum Gasteiger partial charge on any atom is 0.330 e. The lowest BCUT2D eigenvalue weighted by atomic mass is 10.2. The summed E-state index contributed by atoms with van der Waals surface area (Å²) in [6.07, 6.45) is 1.66. The molecule has 0 aromatic carbocycles. The predicted molar refractivity (Wildman–Crippen MR) is 114 cm³/mol. The lowest BCUT2D eigenvalue weighted by molar-refractivity contribution is -0.123. The van der Waals surface area contributed by atoms with Crippen LogP contribution in [0.4, 0.5) is 11.5 Å². The van der Waals surface area contributed by atoms with Crippen molar-refractivity contribution in [3.8, 4) is 0 Å². The summed E-state index contributed by atoms with van der Waals surface area (Å²) in [4.78, 5) is 43.9. The molecule has 1 saturated heterocycles. The fraction of sp³-hybridized carbons (Fsp3) is 0.750. The number of amides is 1. The highest BCUT2D eigenvalue weighted by molar-refractivity contribution is 5.96. The summed E-state index contributed by atoms with van der Waals surface area (Å²) >= 11 is 0. The van der Waals surface area contributed by atoms with Crippen LogP contribution in [-0.4, -0.2) is 58.7 Å². The van der Waals surface area contributed by atoms with Gasteiger partial charge in [-0.2, -0.15) is 0 Å². The molecule has 9 heteroatoms. The number of carbonyl (C=O) groups is 1. The molecular weight excluding hydrogens is 374 g/mol. The Morgan fingerprint density at radius 2 is 1.90 bits per heavy atom. The molecule has 1 fully saturated rings. The Labute approximate surface area is 171 Å². The molecule has 9 nitrogen and oxygen atoms in total. The Morgan fingerprint density at radius 1 is 1.28 bits per heavy atom. The third kappa shape index (κ3) is 5.93. The number of anilines is 2. The molecule has 2 heterocycles. The minimum absolute atomic E-state index is 0.0389. The van der Waals surface area contributed by atoms with E-state index in [1.54, 1.807) is 0 Å². The fourth-order valence-electron chi connectivity index (χ4n) is 3.75. The van der Waals surface area contributed by atoms with Gasteiger partial charge in [0.15, 0.2) is 5.69 Å². The Bertz CT molecular complexity index is 806. The molecule has 1 aliphatic heterocycles. The predicted octanol–water partition coefficient (Wildman–Crippen LogP) is 1.02. The zero-order valence-corrected chi connectivity index (χ0v) is 18.2. The third-order valence-corrected chi connectivity index (χ3v) is 4.92. The summed E-state index contributed by atoms with van der Waals surface area (Å²) < 4.78 is 7.07. The molecule has 29 heavy (non-hydrogen) atoms. The van der Waals surface area contributed by atoms with Gasteiger partial charge in [0, 0.05) is 26.2 Å². The van der Waals surface area contributed by atoms with E-state index in [0.29, 0.717) is 26.2 Å². The van der Waals surface area contributed by atoms with E-state index in [4.69, 9.17) is 10.5 Å². The largest absolute Gasteiger partial charge is 0.383 e. The molecule has 1 amide bonds. The van der Waals surface area contributed by atoms with Crippen LogP contribution in [0, 0.1) is 5.92 Å². The van der Waals surface area contributed by atoms with E-state index < -0.39 is 11.2 Å². The summed E-state index contributed by atoms with van der Waals surface area (Å²) in [5.74, 6) is -0.00261. The number of hydrogen-bond donors (Lipinski definition) is 2. The molecule has 0 saturated carbocycles. The van der Waals surface area contributed by atoms with E-state index in [9.17, 15) is 14.4 Å². The van der Waals surface area contributed by atoms with Crippen LogP contribution < -0.4 is 21.9 Å². The Hall–Kier alpha value is -2.13. The van der Waals surface area contributed by atoms with Gasteiger partial charge in [-0.15, -0.1) is 0 Å². The van der Waals surface area contributed by atoms with Crippen LogP contribution in [-0.2, 0) is 16.1 Å². The van der Waals surface area contributed by atoms with Crippen LogP contribution in [0.2, 0.25) is 0 Å². The van der Waals surface area contributed by atoms with Gasteiger partial charge in [-0.3, -0.25) is 24.0 Å². The quantitative estimate of drug-likeness (QED) is 0.663. The van der Waals surface area contributed by atoms with E-state index in [1.807, 2.05) is 39.5 Å². The second kappa shape index (κ2) is 10.1. The van der Waals surface area contributed by atoms with Gasteiger partial charge in [0.25, 0.3) is 5.56 Å². The van der Waals surface area contributed by atoms with Crippen molar-refractivity contribution in [3.63, 3.8) is 0 Å². The standard InChI is InChI=1S/C20H35N5O4/c1-6-7-8-24(16(26)12-23-10-14(4)29-15(5)11-23)17-18(21)25(9-13(2)3)20(28)22-19(17)27/h13-15H,6-12,21H2,1-5H3,(H,22,27,28)/t14-,15+.